The normalized spacial score (nSPS) is 19.8. The number of allylic oxidation sites excluding steroid dienone is 4. The Morgan fingerprint density at radius 2 is 1.82 bits per heavy atom. The van der Waals surface area contributed by atoms with Crippen molar-refractivity contribution in [2.24, 2.45) is 0 Å². The van der Waals surface area contributed by atoms with E-state index in [4.69, 9.17) is 0 Å². The molecule has 5 heteroatoms. The molecular formula is C28H39N3O2. The second kappa shape index (κ2) is 10.3. The minimum atomic E-state index is 0.143. The molecule has 1 aromatic rings. The Kier molecular flexibility index (Phi) is 7.38. The van der Waals surface area contributed by atoms with Crippen LogP contribution in [0.2, 0.25) is 0 Å². The molecule has 5 nitrogen and oxygen atoms in total. The first-order valence-corrected chi connectivity index (χ1v) is 12.6. The summed E-state index contributed by atoms with van der Waals surface area (Å²) < 4.78 is 0. The minimum Gasteiger partial charge on any atom is -0.371 e. The smallest absolute Gasteiger partial charge is 0.163 e. The molecular weight excluding hydrogens is 410 g/mol. The van der Waals surface area contributed by atoms with E-state index in [1.165, 1.54) is 31.4 Å². The number of piperazine rings is 1. The maximum atomic E-state index is 13.5. The van der Waals surface area contributed by atoms with Gasteiger partial charge in [-0.25, -0.2) is 0 Å². The molecule has 0 amide bonds. The number of ketones is 2. The van der Waals surface area contributed by atoms with Gasteiger partial charge >= 0.3 is 0 Å². The second-order valence-electron chi connectivity index (χ2n) is 10.1. The van der Waals surface area contributed by atoms with Gasteiger partial charge in [-0.1, -0.05) is 24.5 Å². The summed E-state index contributed by atoms with van der Waals surface area (Å²) in [6.45, 7) is 9.92. The highest BCUT2D eigenvalue weighted by molar-refractivity contribution is 6.03. The van der Waals surface area contributed by atoms with Crippen LogP contribution in [0.1, 0.15) is 74.7 Å². The van der Waals surface area contributed by atoms with Gasteiger partial charge in [0.15, 0.2) is 11.6 Å². The first-order chi connectivity index (χ1) is 15.8. The molecule has 0 spiro atoms. The van der Waals surface area contributed by atoms with Gasteiger partial charge in [-0.3, -0.25) is 9.59 Å². The highest BCUT2D eigenvalue weighted by Crippen LogP contribution is 2.35. The lowest BCUT2D eigenvalue weighted by atomic mass is 9.88. The topological polar surface area (TPSA) is 52.7 Å². The molecule has 0 radical (unpaired) electrons. The van der Waals surface area contributed by atoms with Crippen molar-refractivity contribution in [3.63, 3.8) is 0 Å². The summed E-state index contributed by atoms with van der Waals surface area (Å²) in [5.41, 5.74) is 7.17. The largest absolute Gasteiger partial charge is 0.371 e. The van der Waals surface area contributed by atoms with Crippen LogP contribution < -0.4 is 15.1 Å². The van der Waals surface area contributed by atoms with Crippen LogP contribution in [0.4, 0.5) is 11.4 Å². The number of hydrogen-bond acceptors (Lipinski definition) is 5. The van der Waals surface area contributed by atoms with Gasteiger partial charge in [-0.2, -0.15) is 0 Å². The zero-order chi connectivity index (χ0) is 23.5. The summed E-state index contributed by atoms with van der Waals surface area (Å²) in [5, 5.41) is 3.42. The Morgan fingerprint density at radius 3 is 2.48 bits per heavy atom. The van der Waals surface area contributed by atoms with E-state index in [-0.39, 0.29) is 11.6 Å². The third-order valence-corrected chi connectivity index (χ3v) is 7.72. The van der Waals surface area contributed by atoms with Crippen molar-refractivity contribution in [3.8, 4) is 0 Å². The third kappa shape index (κ3) is 5.24. The molecule has 1 heterocycles. The van der Waals surface area contributed by atoms with Crippen molar-refractivity contribution in [2.45, 2.75) is 71.8 Å². The van der Waals surface area contributed by atoms with Crippen LogP contribution in [0.5, 0.6) is 0 Å². The Bertz CT molecular complexity index is 979. The van der Waals surface area contributed by atoms with Gasteiger partial charge in [-0.05, 0) is 68.9 Å². The maximum Gasteiger partial charge on any atom is 0.163 e. The van der Waals surface area contributed by atoms with E-state index in [2.05, 4.69) is 47.3 Å². The minimum absolute atomic E-state index is 0.143. The molecule has 1 aromatic carbocycles. The average molecular weight is 450 g/mol. The molecule has 178 valence electrons. The number of nitrogens with one attached hydrogen (secondary N) is 1. The highest BCUT2D eigenvalue weighted by atomic mass is 16.1. The van der Waals surface area contributed by atoms with Crippen LogP contribution in [-0.4, -0.2) is 50.8 Å². The van der Waals surface area contributed by atoms with Gasteiger partial charge in [0, 0.05) is 69.0 Å². The SMILES string of the molecule is CC1=CC(C)=C(CCC(=O)c2cc(N3CCNCC3)cc(N(C)C3CCCC3)c2C)C(=O)C1. The molecule has 33 heavy (non-hydrogen) atoms. The van der Waals surface area contributed by atoms with Gasteiger partial charge in [0.25, 0.3) is 0 Å². The van der Waals surface area contributed by atoms with Crippen LogP contribution in [0.15, 0.2) is 34.9 Å². The van der Waals surface area contributed by atoms with Crippen molar-refractivity contribution < 1.29 is 9.59 Å². The number of benzene rings is 1. The fraction of sp³-hybridized carbons (Fsp3) is 0.571. The Labute approximate surface area is 198 Å². The standard InChI is InChI=1S/C28H39N3O2/c1-19-15-20(2)24(28(33)16-19)9-10-27(32)25-17-23(31-13-11-29-12-14-31)18-26(21(25)3)30(4)22-7-5-6-8-22/h15,17-18,22,29H,5-14,16H2,1-4H3. The lowest BCUT2D eigenvalue weighted by molar-refractivity contribution is -0.115. The molecule has 0 atom stereocenters. The van der Waals surface area contributed by atoms with E-state index in [1.54, 1.807) is 0 Å². The number of rotatable bonds is 7. The molecule has 1 aliphatic heterocycles. The Morgan fingerprint density at radius 1 is 1.12 bits per heavy atom. The zero-order valence-electron chi connectivity index (χ0n) is 20.8. The Hall–Kier alpha value is -2.40. The molecule has 4 rings (SSSR count). The maximum absolute atomic E-state index is 13.5. The fourth-order valence-electron chi connectivity index (χ4n) is 5.73. The molecule has 0 unspecified atom stereocenters. The van der Waals surface area contributed by atoms with E-state index in [0.29, 0.717) is 25.3 Å². The van der Waals surface area contributed by atoms with E-state index < -0.39 is 0 Å². The molecule has 2 fully saturated rings. The molecule has 0 bridgehead atoms. The number of anilines is 2. The Balaban J connectivity index is 1.62. The van der Waals surface area contributed by atoms with Gasteiger partial charge < -0.3 is 15.1 Å². The van der Waals surface area contributed by atoms with Crippen molar-refractivity contribution in [2.75, 3.05) is 43.0 Å². The molecule has 2 aliphatic carbocycles. The van der Waals surface area contributed by atoms with Crippen molar-refractivity contribution in [1.29, 1.82) is 0 Å². The van der Waals surface area contributed by atoms with E-state index >= 15 is 0 Å². The van der Waals surface area contributed by atoms with E-state index in [0.717, 1.165) is 59.7 Å². The van der Waals surface area contributed by atoms with Crippen LogP contribution in [0, 0.1) is 6.92 Å². The summed E-state index contributed by atoms with van der Waals surface area (Å²) in [7, 11) is 2.19. The highest BCUT2D eigenvalue weighted by Gasteiger charge is 2.25. The zero-order valence-corrected chi connectivity index (χ0v) is 20.8. The first-order valence-electron chi connectivity index (χ1n) is 12.6. The molecule has 1 saturated heterocycles. The lowest BCUT2D eigenvalue weighted by Crippen LogP contribution is -2.43. The summed E-state index contributed by atoms with van der Waals surface area (Å²) in [4.78, 5) is 30.9. The summed E-state index contributed by atoms with van der Waals surface area (Å²) >= 11 is 0. The predicted molar refractivity (Wildman–Crippen MR) is 137 cm³/mol. The summed E-state index contributed by atoms with van der Waals surface area (Å²) in [6.07, 6.45) is 8.49. The summed E-state index contributed by atoms with van der Waals surface area (Å²) in [6, 6.07) is 4.94. The first kappa shape index (κ1) is 23.7. The van der Waals surface area contributed by atoms with Gasteiger partial charge in [0.05, 0.1) is 0 Å². The fourth-order valence-corrected chi connectivity index (χ4v) is 5.73. The van der Waals surface area contributed by atoms with Crippen molar-refractivity contribution in [3.05, 3.63) is 46.1 Å². The van der Waals surface area contributed by atoms with Crippen LogP contribution in [-0.2, 0) is 4.79 Å². The quantitative estimate of drug-likeness (QED) is 0.595. The molecule has 1 saturated carbocycles. The number of carbonyl (C=O) groups excluding carboxylic acids is 2. The van der Waals surface area contributed by atoms with E-state index in [9.17, 15) is 9.59 Å². The number of nitrogens with zero attached hydrogens (tertiary/aromatic N) is 2. The van der Waals surface area contributed by atoms with Crippen molar-refractivity contribution in [1.82, 2.24) is 5.32 Å². The molecule has 1 N–H and O–H groups in total. The van der Waals surface area contributed by atoms with Crippen LogP contribution >= 0.6 is 0 Å². The number of hydrogen-bond donors (Lipinski definition) is 1. The second-order valence-corrected chi connectivity index (χ2v) is 10.1. The van der Waals surface area contributed by atoms with E-state index in [1.807, 2.05) is 13.8 Å². The van der Waals surface area contributed by atoms with Crippen LogP contribution in [0.3, 0.4) is 0 Å². The summed E-state index contributed by atoms with van der Waals surface area (Å²) in [5.74, 6) is 0.318. The van der Waals surface area contributed by atoms with Gasteiger partial charge in [-0.15, -0.1) is 0 Å². The number of carbonyl (C=O) groups is 2. The van der Waals surface area contributed by atoms with Gasteiger partial charge in [0.1, 0.15) is 0 Å². The molecule has 3 aliphatic rings. The monoisotopic (exact) mass is 449 g/mol. The van der Waals surface area contributed by atoms with Crippen molar-refractivity contribution >= 4 is 22.9 Å². The number of Topliss-reactive ketones (excluding diaryl/α,β-unsaturated/α-hetero) is 2. The third-order valence-electron chi connectivity index (χ3n) is 7.72. The molecule has 0 aromatic heterocycles. The lowest BCUT2D eigenvalue weighted by Gasteiger charge is -2.33. The van der Waals surface area contributed by atoms with Crippen LogP contribution in [0.25, 0.3) is 0 Å². The average Bonchev–Trinajstić information content (AvgIpc) is 3.33. The predicted octanol–water partition coefficient (Wildman–Crippen LogP) is 4.98. The van der Waals surface area contributed by atoms with Gasteiger partial charge in [0.2, 0.25) is 0 Å².